The number of carboxylic acid groups (broad SMARTS) is 1. The number of aliphatic carboxylic acids is 1. The van der Waals surface area contributed by atoms with Crippen molar-refractivity contribution in [3.8, 4) is 10.7 Å². The summed E-state index contributed by atoms with van der Waals surface area (Å²) >= 11 is 1.58. The molecule has 0 aliphatic carbocycles. The van der Waals surface area contributed by atoms with Crippen LogP contribution in [0.5, 0.6) is 0 Å². The van der Waals surface area contributed by atoms with Gasteiger partial charge in [-0.1, -0.05) is 31.2 Å². The van der Waals surface area contributed by atoms with Crippen LogP contribution in [0.2, 0.25) is 0 Å². The first kappa shape index (κ1) is 19.7. The van der Waals surface area contributed by atoms with Crippen molar-refractivity contribution >= 4 is 28.8 Å². The number of carbonyl (C=O) groups is 1. The van der Waals surface area contributed by atoms with Crippen molar-refractivity contribution in [3.63, 3.8) is 0 Å². The first-order valence-electron chi connectivity index (χ1n) is 8.85. The zero-order valence-corrected chi connectivity index (χ0v) is 16.2. The van der Waals surface area contributed by atoms with Crippen LogP contribution in [0.3, 0.4) is 0 Å². The molecule has 0 fully saturated rings. The van der Waals surface area contributed by atoms with Crippen LogP contribution in [0.15, 0.2) is 54.4 Å². The first-order chi connectivity index (χ1) is 13.5. The van der Waals surface area contributed by atoms with Gasteiger partial charge in [0, 0.05) is 16.9 Å². The zero-order valence-electron chi connectivity index (χ0n) is 15.4. The zero-order chi connectivity index (χ0) is 20.1. The molecule has 2 aromatic heterocycles. The predicted octanol–water partition coefficient (Wildman–Crippen LogP) is 4.36. The highest BCUT2D eigenvalue weighted by molar-refractivity contribution is 7.13. The van der Waals surface area contributed by atoms with E-state index in [0.29, 0.717) is 23.6 Å². The van der Waals surface area contributed by atoms with E-state index in [9.17, 15) is 9.90 Å². The van der Waals surface area contributed by atoms with Gasteiger partial charge in [-0.3, -0.25) is 0 Å². The van der Waals surface area contributed by atoms with Crippen molar-refractivity contribution in [3.05, 3.63) is 71.3 Å². The lowest BCUT2D eigenvalue weighted by Gasteiger charge is -2.15. The molecule has 1 unspecified atom stereocenters. The highest BCUT2D eigenvalue weighted by atomic mass is 32.1. The van der Waals surface area contributed by atoms with Crippen LogP contribution >= 0.6 is 11.3 Å². The Labute approximate surface area is 167 Å². The van der Waals surface area contributed by atoms with Crippen LogP contribution in [-0.2, 0) is 17.6 Å². The molecule has 2 heterocycles. The van der Waals surface area contributed by atoms with Gasteiger partial charge in [-0.25, -0.2) is 14.8 Å². The number of benzene rings is 1. The lowest BCUT2D eigenvalue weighted by Crippen LogP contribution is -2.10. The third-order valence-electron chi connectivity index (χ3n) is 4.24. The van der Waals surface area contributed by atoms with Crippen LogP contribution in [0.1, 0.15) is 29.8 Å². The maximum atomic E-state index is 10.9. The van der Waals surface area contributed by atoms with E-state index in [-0.39, 0.29) is 0 Å². The maximum absolute atomic E-state index is 10.9. The van der Waals surface area contributed by atoms with Gasteiger partial charge >= 0.3 is 5.97 Å². The number of carboxylic acids is 1. The van der Waals surface area contributed by atoms with Crippen molar-refractivity contribution in [2.45, 2.75) is 25.9 Å². The standard InChI is InChI=1S/C21H21N3O3S/c1-3-6-15-16(4-2)23-20(17-7-5-12-28-17)24-19(15)22-14-10-8-13(9-11-14)18(25)21(26)27/h3,5,7-12,18,25H,1,4,6H2,2H3,(H,26,27)(H,22,23,24). The molecule has 28 heavy (non-hydrogen) atoms. The summed E-state index contributed by atoms with van der Waals surface area (Å²) in [5.41, 5.74) is 3.00. The number of rotatable bonds is 8. The fourth-order valence-electron chi connectivity index (χ4n) is 2.83. The Hall–Kier alpha value is -3.03. The van der Waals surface area contributed by atoms with Gasteiger partial charge in [0.25, 0.3) is 0 Å². The summed E-state index contributed by atoms with van der Waals surface area (Å²) in [6.45, 7) is 5.89. The number of aliphatic hydroxyl groups is 1. The van der Waals surface area contributed by atoms with E-state index in [1.54, 1.807) is 35.6 Å². The Bertz CT molecular complexity index is 969. The van der Waals surface area contributed by atoms with Gasteiger partial charge in [0.2, 0.25) is 0 Å². The SMILES string of the molecule is C=CCc1c(CC)nc(-c2cccs2)nc1Nc1ccc(C(O)C(=O)O)cc1. The summed E-state index contributed by atoms with van der Waals surface area (Å²) in [7, 11) is 0. The molecule has 1 aromatic carbocycles. The van der Waals surface area contributed by atoms with Gasteiger partial charge in [0.15, 0.2) is 11.9 Å². The van der Waals surface area contributed by atoms with Gasteiger partial charge < -0.3 is 15.5 Å². The third kappa shape index (κ3) is 4.27. The average molecular weight is 395 g/mol. The molecule has 0 aliphatic heterocycles. The third-order valence-corrected chi connectivity index (χ3v) is 5.11. The number of thiophene rings is 1. The van der Waals surface area contributed by atoms with Crippen molar-refractivity contribution in [1.82, 2.24) is 9.97 Å². The normalized spacial score (nSPS) is 11.8. The van der Waals surface area contributed by atoms with Gasteiger partial charge in [0.1, 0.15) is 5.82 Å². The molecule has 6 nitrogen and oxygen atoms in total. The largest absolute Gasteiger partial charge is 0.479 e. The Balaban J connectivity index is 1.98. The molecule has 3 N–H and O–H groups in total. The fourth-order valence-corrected chi connectivity index (χ4v) is 3.49. The number of hydrogen-bond acceptors (Lipinski definition) is 6. The molecule has 0 aliphatic rings. The molecule has 144 valence electrons. The Kier molecular flexibility index (Phi) is 6.18. The minimum atomic E-state index is -1.54. The van der Waals surface area contributed by atoms with E-state index in [1.807, 2.05) is 23.6 Å². The Morgan fingerprint density at radius 2 is 2.04 bits per heavy atom. The van der Waals surface area contributed by atoms with E-state index >= 15 is 0 Å². The maximum Gasteiger partial charge on any atom is 0.337 e. The number of nitrogens with zero attached hydrogens (tertiary/aromatic N) is 2. The monoisotopic (exact) mass is 395 g/mol. The van der Waals surface area contributed by atoms with Crippen LogP contribution in [0.4, 0.5) is 11.5 Å². The van der Waals surface area contributed by atoms with E-state index in [0.717, 1.165) is 28.2 Å². The molecular weight excluding hydrogens is 374 g/mol. The number of hydrogen-bond donors (Lipinski definition) is 3. The number of aryl methyl sites for hydroxylation is 1. The molecular formula is C21H21N3O3S. The molecule has 3 rings (SSSR count). The second-order valence-corrected chi connectivity index (χ2v) is 7.08. The summed E-state index contributed by atoms with van der Waals surface area (Å²) in [6, 6.07) is 10.5. The molecule has 0 amide bonds. The average Bonchev–Trinajstić information content (AvgIpc) is 3.24. The summed E-state index contributed by atoms with van der Waals surface area (Å²) in [5, 5.41) is 23.9. The van der Waals surface area contributed by atoms with Gasteiger partial charge in [-0.15, -0.1) is 17.9 Å². The van der Waals surface area contributed by atoms with Crippen LogP contribution in [-0.4, -0.2) is 26.2 Å². The molecule has 0 saturated heterocycles. The minimum Gasteiger partial charge on any atom is -0.479 e. The van der Waals surface area contributed by atoms with Crippen molar-refractivity contribution < 1.29 is 15.0 Å². The van der Waals surface area contributed by atoms with Gasteiger partial charge in [-0.05, 0) is 42.0 Å². The second kappa shape index (κ2) is 8.77. The van der Waals surface area contributed by atoms with Crippen LogP contribution in [0.25, 0.3) is 10.7 Å². The van der Waals surface area contributed by atoms with Gasteiger partial charge in [0.05, 0.1) is 4.88 Å². The quantitative estimate of drug-likeness (QED) is 0.491. The highest BCUT2D eigenvalue weighted by Crippen LogP contribution is 2.29. The van der Waals surface area contributed by atoms with E-state index in [4.69, 9.17) is 15.1 Å². The van der Waals surface area contributed by atoms with E-state index in [2.05, 4.69) is 18.8 Å². The minimum absolute atomic E-state index is 0.320. The number of anilines is 2. The molecule has 0 saturated carbocycles. The summed E-state index contributed by atoms with van der Waals surface area (Å²) in [4.78, 5) is 21.4. The Morgan fingerprint density at radius 1 is 1.29 bits per heavy atom. The lowest BCUT2D eigenvalue weighted by atomic mass is 10.1. The molecule has 0 radical (unpaired) electrons. The molecule has 0 spiro atoms. The van der Waals surface area contributed by atoms with Crippen LogP contribution < -0.4 is 5.32 Å². The van der Waals surface area contributed by atoms with Crippen molar-refractivity contribution in [2.24, 2.45) is 0 Å². The second-order valence-electron chi connectivity index (χ2n) is 6.13. The van der Waals surface area contributed by atoms with E-state index < -0.39 is 12.1 Å². The smallest absolute Gasteiger partial charge is 0.337 e. The number of aromatic nitrogens is 2. The molecule has 1 atom stereocenters. The highest BCUT2D eigenvalue weighted by Gasteiger charge is 2.17. The van der Waals surface area contributed by atoms with Crippen molar-refractivity contribution in [1.29, 1.82) is 0 Å². The fraction of sp³-hybridized carbons (Fsp3) is 0.190. The summed E-state index contributed by atoms with van der Waals surface area (Å²) in [5.74, 6) is 0.0831. The summed E-state index contributed by atoms with van der Waals surface area (Å²) < 4.78 is 0. The van der Waals surface area contributed by atoms with Gasteiger partial charge in [-0.2, -0.15) is 0 Å². The Morgan fingerprint density at radius 3 is 2.61 bits per heavy atom. The van der Waals surface area contributed by atoms with Crippen LogP contribution in [0, 0.1) is 0 Å². The van der Waals surface area contributed by atoms with E-state index in [1.165, 1.54) is 0 Å². The number of aliphatic hydroxyl groups excluding tert-OH is 1. The molecule has 7 heteroatoms. The molecule has 3 aromatic rings. The summed E-state index contributed by atoms with van der Waals surface area (Å²) in [6.07, 6.45) is 1.68. The number of allylic oxidation sites excluding steroid dienone is 1. The topological polar surface area (TPSA) is 95.3 Å². The number of nitrogens with one attached hydrogen (secondary N) is 1. The lowest BCUT2D eigenvalue weighted by molar-refractivity contribution is -0.146. The predicted molar refractivity (Wildman–Crippen MR) is 111 cm³/mol. The molecule has 0 bridgehead atoms. The first-order valence-corrected chi connectivity index (χ1v) is 9.73. The van der Waals surface area contributed by atoms with Crippen molar-refractivity contribution in [2.75, 3.05) is 5.32 Å².